The van der Waals surface area contributed by atoms with E-state index in [0.29, 0.717) is 10.7 Å². The first-order valence-corrected chi connectivity index (χ1v) is 9.45. The van der Waals surface area contributed by atoms with Crippen molar-refractivity contribution in [3.8, 4) is 27.9 Å². The fourth-order valence-corrected chi connectivity index (χ4v) is 3.74. The van der Waals surface area contributed by atoms with Gasteiger partial charge in [0.25, 0.3) is 0 Å². The Morgan fingerprint density at radius 3 is 2.61 bits per heavy atom. The van der Waals surface area contributed by atoms with Crippen LogP contribution in [0.3, 0.4) is 0 Å². The van der Waals surface area contributed by atoms with Crippen LogP contribution in [0.1, 0.15) is 17.0 Å². The van der Waals surface area contributed by atoms with Gasteiger partial charge >= 0.3 is 0 Å². The third-order valence-corrected chi connectivity index (χ3v) is 5.05. The van der Waals surface area contributed by atoms with Gasteiger partial charge in [0.15, 0.2) is 5.13 Å². The minimum Gasteiger partial charge on any atom is -0.316 e. The highest BCUT2D eigenvalue weighted by Gasteiger charge is 2.17. The Morgan fingerprint density at radius 1 is 0.964 bits per heavy atom. The van der Waals surface area contributed by atoms with Crippen LogP contribution in [0.4, 0.5) is 10.9 Å². The summed E-state index contributed by atoms with van der Waals surface area (Å²) in [4.78, 5) is 18.8. The second-order valence-corrected chi connectivity index (χ2v) is 7.22. The van der Waals surface area contributed by atoms with Crippen molar-refractivity contribution in [2.24, 2.45) is 0 Å². The van der Waals surface area contributed by atoms with Crippen LogP contribution in [0.15, 0.2) is 54.9 Å². The average molecular weight is 384 g/mol. The van der Waals surface area contributed by atoms with Crippen LogP contribution in [-0.2, 0) is 0 Å². The minimum atomic E-state index is 0.588. The molecule has 28 heavy (non-hydrogen) atoms. The van der Waals surface area contributed by atoms with Gasteiger partial charge in [-0.1, -0.05) is 29.5 Å². The van der Waals surface area contributed by atoms with E-state index in [1.165, 1.54) is 11.3 Å². The Bertz CT molecular complexity index is 1190. The zero-order chi connectivity index (χ0) is 19.5. The number of nitriles is 1. The zero-order valence-electron chi connectivity index (χ0n) is 15.3. The van der Waals surface area contributed by atoms with Crippen LogP contribution in [0, 0.1) is 25.2 Å². The van der Waals surface area contributed by atoms with Crippen molar-refractivity contribution >= 4 is 22.3 Å². The van der Waals surface area contributed by atoms with Crippen LogP contribution < -0.4 is 5.32 Å². The molecular formula is C21H16N6S. The van der Waals surface area contributed by atoms with Gasteiger partial charge in [-0.05, 0) is 44.2 Å². The molecule has 3 aromatic heterocycles. The van der Waals surface area contributed by atoms with E-state index in [2.05, 4.69) is 26.3 Å². The number of hydrogen-bond acceptors (Lipinski definition) is 7. The molecule has 4 rings (SSSR count). The molecule has 6 nitrogen and oxygen atoms in total. The maximum absolute atomic E-state index is 9.25. The molecule has 1 aromatic carbocycles. The molecule has 0 radical (unpaired) electrons. The van der Waals surface area contributed by atoms with Gasteiger partial charge in [-0.25, -0.2) is 19.9 Å². The van der Waals surface area contributed by atoms with E-state index in [9.17, 15) is 5.26 Å². The van der Waals surface area contributed by atoms with Crippen LogP contribution >= 0.6 is 11.3 Å². The molecule has 7 heteroatoms. The quantitative estimate of drug-likeness (QED) is 0.539. The number of pyridine rings is 1. The lowest BCUT2D eigenvalue weighted by atomic mass is 10.1. The summed E-state index contributed by atoms with van der Waals surface area (Å²) < 4.78 is 0. The van der Waals surface area contributed by atoms with E-state index < -0.39 is 0 Å². The molecule has 0 unspecified atom stereocenters. The molecule has 4 aromatic rings. The smallest absolute Gasteiger partial charge is 0.189 e. The van der Waals surface area contributed by atoms with Crippen LogP contribution in [0.25, 0.3) is 21.8 Å². The zero-order valence-corrected chi connectivity index (χ0v) is 16.2. The topological polar surface area (TPSA) is 87.4 Å². The number of rotatable bonds is 4. The standard InChI is InChI=1S/C21H16N6S/c1-13-5-3-8-18(25-13)26-21-27-19(16-7-4-6-15(10-16)11-22)20(28-21)17-9-14(2)23-12-24-17/h3-10,12H,1-2H3,(H,25,26,27). The number of benzene rings is 1. The van der Waals surface area contributed by atoms with Gasteiger partial charge in [0, 0.05) is 17.0 Å². The summed E-state index contributed by atoms with van der Waals surface area (Å²) in [7, 11) is 0. The number of hydrogen-bond donors (Lipinski definition) is 1. The van der Waals surface area contributed by atoms with E-state index in [0.717, 1.165) is 39.0 Å². The van der Waals surface area contributed by atoms with Gasteiger partial charge in [-0.2, -0.15) is 5.26 Å². The monoisotopic (exact) mass is 384 g/mol. The molecule has 0 spiro atoms. The minimum absolute atomic E-state index is 0.588. The summed E-state index contributed by atoms with van der Waals surface area (Å²) in [6.45, 7) is 3.87. The molecule has 0 saturated heterocycles. The van der Waals surface area contributed by atoms with Crippen molar-refractivity contribution in [3.63, 3.8) is 0 Å². The number of aryl methyl sites for hydroxylation is 2. The highest BCUT2D eigenvalue weighted by atomic mass is 32.1. The van der Waals surface area contributed by atoms with Crippen molar-refractivity contribution in [2.75, 3.05) is 5.32 Å². The van der Waals surface area contributed by atoms with Gasteiger partial charge < -0.3 is 5.32 Å². The highest BCUT2D eigenvalue weighted by Crippen LogP contribution is 2.39. The lowest BCUT2D eigenvalue weighted by molar-refractivity contribution is 1.11. The maximum atomic E-state index is 9.25. The molecule has 3 heterocycles. The molecule has 0 bridgehead atoms. The van der Waals surface area contributed by atoms with Gasteiger partial charge in [0.05, 0.1) is 27.9 Å². The first-order chi connectivity index (χ1) is 13.6. The molecule has 0 aliphatic heterocycles. The molecule has 0 saturated carbocycles. The normalized spacial score (nSPS) is 10.5. The highest BCUT2D eigenvalue weighted by molar-refractivity contribution is 7.19. The third kappa shape index (κ3) is 3.72. The van der Waals surface area contributed by atoms with E-state index in [1.807, 2.05) is 56.3 Å². The summed E-state index contributed by atoms with van der Waals surface area (Å²) in [5, 5.41) is 13.2. The second kappa shape index (κ2) is 7.55. The van der Waals surface area contributed by atoms with Gasteiger partial charge in [0.2, 0.25) is 0 Å². The summed E-state index contributed by atoms with van der Waals surface area (Å²) in [5.41, 5.74) is 4.83. The third-order valence-electron chi connectivity index (χ3n) is 4.05. The Balaban J connectivity index is 1.83. The Hall–Kier alpha value is -3.63. The lowest BCUT2D eigenvalue weighted by Crippen LogP contribution is -1.94. The Labute approximate surface area is 166 Å². The fourth-order valence-electron chi connectivity index (χ4n) is 2.78. The molecule has 0 atom stereocenters. The molecule has 0 aliphatic carbocycles. The number of nitrogens with zero attached hydrogens (tertiary/aromatic N) is 5. The van der Waals surface area contributed by atoms with Gasteiger partial charge in [-0.3, -0.25) is 0 Å². The van der Waals surface area contributed by atoms with E-state index in [1.54, 1.807) is 12.4 Å². The number of thiazole rings is 1. The SMILES string of the molecule is Cc1cc(-c2sc(Nc3cccc(C)n3)nc2-c2cccc(C#N)c2)ncn1. The molecule has 0 fully saturated rings. The predicted molar refractivity (Wildman–Crippen MR) is 110 cm³/mol. The number of nitrogens with one attached hydrogen (secondary N) is 1. The van der Waals surface area contributed by atoms with E-state index in [4.69, 9.17) is 4.98 Å². The van der Waals surface area contributed by atoms with Crippen molar-refractivity contribution in [2.45, 2.75) is 13.8 Å². The molecular weight excluding hydrogens is 368 g/mol. The molecule has 1 N–H and O–H groups in total. The van der Waals surface area contributed by atoms with Crippen LogP contribution in [0.2, 0.25) is 0 Å². The van der Waals surface area contributed by atoms with Crippen molar-refractivity contribution in [1.29, 1.82) is 5.26 Å². The molecule has 136 valence electrons. The average Bonchev–Trinajstić information content (AvgIpc) is 3.12. The van der Waals surface area contributed by atoms with Gasteiger partial charge in [0.1, 0.15) is 12.1 Å². The number of anilines is 2. The van der Waals surface area contributed by atoms with Crippen molar-refractivity contribution < 1.29 is 0 Å². The van der Waals surface area contributed by atoms with Gasteiger partial charge in [-0.15, -0.1) is 0 Å². The molecule has 0 amide bonds. The summed E-state index contributed by atoms with van der Waals surface area (Å²) in [6, 6.07) is 17.3. The Kier molecular flexibility index (Phi) is 4.79. The maximum Gasteiger partial charge on any atom is 0.189 e. The second-order valence-electron chi connectivity index (χ2n) is 6.22. The van der Waals surface area contributed by atoms with Crippen LogP contribution in [-0.4, -0.2) is 19.9 Å². The summed E-state index contributed by atoms with van der Waals surface area (Å²) >= 11 is 1.49. The first-order valence-electron chi connectivity index (χ1n) is 8.63. The van der Waals surface area contributed by atoms with E-state index >= 15 is 0 Å². The lowest BCUT2D eigenvalue weighted by Gasteiger charge is -2.03. The summed E-state index contributed by atoms with van der Waals surface area (Å²) in [5.74, 6) is 0.733. The predicted octanol–water partition coefficient (Wildman–Crippen LogP) is 4.89. The largest absolute Gasteiger partial charge is 0.316 e. The first kappa shape index (κ1) is 17.8. The summed E-state index contributed by atoms with van der Waals surface area (Å²) in [6.07, 6.45) is 1.55. The van der Waals surface area contributed by atoms with Crippen molar-refractivity contribution in [3.05, 3.63) is 71.8 Å². The number of aromatic nitrogens is 4. The van der Waals surface area contributed by atoms with Crippen molar-refractivity contribution in [1.82, 2.24) is 19.9 Å². The Morgan fingerprint density at radius 2 is 1.82 bits per heavy atom. The fraction of sp³-hybridized carbons (Fsp3) is 0.0952. The molecule has 0 aliphatic rings. The van der Waals surface area contributed by atoms with Crippen LogP contribution in [0.5, 0.6) is 0 Å². The van der Waals surface area contributed by atoms with E-state index in [-0.39, 0.29) is 0 Å².